The summed E-state index contributed by atoms with van der Waals surface area (Å²) in [5.41, 5.74) is 2.79. The fourth-order valence-corrected chi connectivity index (χ4v) is 3.31. The molecule has 27 heavy (non-hydrogen) atoms. The molecule has 2 aromatic carbocycles. The summed E-state index contributed by atoms with van der Waals surface area (Å²) in [7, 11) is 0. The Morgan fingerprint density at radius 1 is 0.963 bits per heavy atom. The Morgan fingerprint density at radius 2 is 1.59 bits per heavy atom. The van der Waals surface area contributed by atoms with Crippen molar-refractivity contribution in [3.63, 3.8) is 0 Å². The molecular weight excluding hydrogens is 404 g/mol. The molecule has 0 aromatic heterocycles. The molecule has 1 aliphatic rings. The van der Waals surface area contributed by atoms with Crippen LogP contribution in [0.15, 0.2) is 58.7 Å². The van der Waals surface area contributed by atoms with E-state index < -0.39 is 0 Å². The van der Waals surface area contributed by atoms with E-state index in [1.807, 2.05) is 48.2 Å². The van der Waals surface area contributed by atoms with Crippen LogP contribution in [0.2, 0.25) is 0 Å². The number of benzene rings is 2. The van der Waals surface area contributed by atoms with Crippen LogP contribution in [-0.2, 0) is 4.79 Å². The van der Waals surface area contributed by atoms with Crippen LogP contribution in [0, 0.1) is 6.92 Å². The molecule has 0 saturated carbocycles. The van der Waals surface area contributed by atoms with Crippen LogP contribution < -0.4 is 5.32 Å². The Balaban J connectivity index is 1.86. The van der Waals surface area contributed by atoms with Gasteiger partial charge in [0.25, 0.3) is 11.8 Å². The highest BCUT2D eigenvalue weighted by Crippen LogP contribution is 2.16. The number of hydrogen-bond donors (Lipinski definition) is 1. The molecule has 0 aliphatic carbocycles. The van der Waals surface area contributed by atoms with Crippen LogP contribution in [0.3, 0.4) is 0 Å². The Morgan fingerprint density at radius 3 is 2.22 bits per heavy atom. The van der Waals surface area contributed by atoms with Crippen molar-refractivity contribution in [1.82, 2.24) is 10.2 Å². The highest BCUT2D eigenvalue weighted by molar-refractivity contribution is 9.10. The van der Waals surface area contributed by atoms with Gasteiger partial charge in [-0.05, 0) is 62.1 Å². The van der Waals surface area contributed by atoms with Gasteiger partial charge in [0, 0.05) is 23.1 Å². The van der Waals surface area contributed by atoms with Gasteiger partial charge >= 0.3 is 0 Å². The lowest BCUT2D eigenvalue weighted by atomic mass is 10.1. The van der Waals surface area contributed by atoms with Crippen molar-refractivity contribution < 1.29 is 9.59 Å². The number of carbonyl (C=O) groups excluding carboxylic acids is 2. The summed E-state index contributed by atoms with van der Waals surface area (Å²) in [6.07, 6.45) is 4.90. The third-order valence-electron chi connectivity index (χ3n) is 4.62. The Bertz CT molecular complexity index is 836. The quantitative estimate of drug-likeness (QED) is 0.729. The lowest BCUT2D eigenvalue weighted by molar-refractivity contribution is -0.128. The highest BCUT2D eigenvalue weighted by Gasteiger charge is 2.22. The smallest absolute Gasteiger partial charge is 0.270 e. The summed E-state index contributed by atoms with van der Waals surface area (Å²) < 4.78 is 0.965. The molecule has 140 valence electrons. The number of carbonyl (C=O) groups is 2. The predicted molar refractivity (Wildman–Crippen MR) is 111 cm³/mol. The maximum Gasteiger partial charge on any atom is 0.270 e. The normalized spacial score (nSPS) is 14.7. The van der Waals surface area contributed by atoms with E-state index in [0.29, 0.717) is 11.3 Å². The number of nitrogens with one attached hydrogen (secondary N) is 1. The molecule has 3 rings (SSSR count). The van der Waals surface area contributed by atoms with Gasteiger partial charge in [-0.2, -0.15) is 0 Å². The van der Waals surface area contributed by atoms with Gasteiger partial charge in [-0.15, -0.1) is 0 Å². The van der Waals surface area contributed by atoms with Gasteiger partial charge in [-0.1, -0.05) is 45.8 Å². The van der Waals surface area contributed by atoms with Crippen molar-refractivity contribution in [2.24, 2.45) is 0 Å². The van der Waals surface area contributed by atoms with Crippen molar-refractivity contribution in [3.8, 4) is 0 Å². The topological polar surface area (TPSA) is 49.4 Å². The molecule has 5 heteroatoms. The molecule has 2 aromatic rings. The van der Waals surface area contributed by atoms with E-state index in [9.17, 15) is 9.59 Å². The lowest BCUT2D eigenvalue weighted by Gasteiger charge is -2.27. The summed E-state index contributed by atoms with van der Waals surface area (Å²) in [4.78, 5) is 27.5. The minimum absolute atomic E-state index is 0.127. The van der Waals surface area contributed by atoms with Gasteiger partial charge in [-0.3, -0.25) is 9.59 Å². The zero-order chi connectivity index (χ0) is 19.2. The average molecular weight is 427 g/mol. The van der Waals surface area contributed by atoms with Crippen LogP contribution in [0.4, 0.5) is 0 Å². The van der Waals surface area contributed by atoms with Crippen molar-refractivity contribution in [2.45, 2.75) is 26.2 Å². The van der Waals surface area contributed by atoms with Crippen LogP contribution in [-0.4, -0.2) is 29.8 Å². The largest absolute Gasteiger partial charge is 0.337 e. The molecule has 1 N–H and O–H groups in total. The first kappa shape index (κ1) is 19.4. The van der Waals surface area contributed by atoms with Gasteiger partial charge in [0.05, 0.1) is 0 Å². The van der Waals surface area contributed by atoms with E-state index in [0.717, 1.165) is 48.0 Å². The number of aryl methyl sites for hydroxylation is 1. The second-order valence-corrected chi connectivity index (χ2v) is 7.70. The molecule has 0 radical (unpaired) electrons. The molecule has 0 atom stereocenters. The predicted octanol–water partition coefficient (Wildman–Crippen LogP) is 4.54. The molecule has 1 heterocycles. The minimum Gasteiger partial charge on any atom is -0.337 e. The van der Waals surface area contributed by atoms with E-state index >= 15 is 0 Å². The first-order valence-electron chi connectivity index (χ1n) is 9.17. The zero-order valence-electron chi connectivity index (χ0n) is 15.4. The lowest BCUT2D eigenvalue weighted by Crippen LogP contribution is -2.41. The Hall–Kier alpha value is -2.40. The second kappa shape index (κ2) is 9.00. The summed E-state index contributed by atoms with van der Waals surface area (Å²) in [6, 6.07) is 15.0. The maximum atomic E-state index is 13.0. The van der Waals surface area contributed by atoms with E-state index in [2.05, 4.69) is 21.2 Å². The van der Waals surface area contributed by atoms with Crippen molar-refractivity contribution in [1.29, 1.82) is 0 Å². The van der Waals surface area contributed by atoms with Crippen molar-refractivity contribution in [3.05, 3.63) is 75.4 Å². The molecule has 2 amide bonds. The number of hydrogen-bond acceptors (Lipinski definition) is 2. The average Bonchev–Trinajstić information content (AvgIpc) is 2.69. The molecule has 0 spiro atoms. The van der Waals surface area contributed by atoms with Gasteiger partial charge in [0.15, 0.2) is 0 Å². The molecule has 0 bridgehead atoms. The first-order chi connectivity index (χ1) is 13.0. The fraction of sp³-hybridized carbons (Fsp3) is 0.273. The van der Waals surface area contributed by atoms with Gasteiger partial charge < -0.3 is 10.2 Å². The maximum absolute atomic E-state index is 13.0. The number of amides is 2. The Labute approximate surface area is 168 Å². The monoisotopic (exact) mass is 426 g/mol. The van der Waals surface area contributed by atoms with E-state index in [4.69, 9.17) is 0 Å². The van der Waals surface area contributed by atoms with Crippen LogP contribution in [0.1, 0.15) is 40.7 Å². The Kier molecular flexibility index (Phi) is 6.45. The molecular formula is C22H23BrN2O2. The second-order valence-electron chi connectivity index (χ2n) is 6.78. The van der Waals surface area contributed by atoms with Crippen molar-refractivity contribution >= 4 is 33.8 Å². The number of halogens is 1. The number of rotatable bonds is 4. The summed E-state index contributed by atoms with van der Waals surface area (Å²) in [6.45, 7) is 3.44. The van der Waals surface area contributed by atoms with E-state index in [1.165, 1.54) is 0 Å². The van der Waals surface area contributed by atoms with Crippen LogP contribution in [0.25, 0.3) is 6.08 Å². The summed E-state index contributed by atoms with van der Waals surface area (Å²) in [5.74, 6) is -0.401. The van der Waals surface area contributed by atoms with E-state index in [1.54, 1.807) is 18.2 Å². The standard InChI is InChI=1S/C22H23BrN2O2/c1-16-5-9-18(10-6-16)21(26)24-20(15-17-7-11-19(23)12-8-17)22(27)25-13-3-2-4-14-25/h5-12,15H,2-4,13-14H2,1H3,(H,24,26)/b20-15-. The van der Waals surface area contributed by atoms with Gasteiger partial charge in [0.1, 0.15) is 5.70 Å². The molecule has 1 saturated heterocycles. The molecule has 1 aliphatic heterocycles. The summed E-state index contributed by atoms with van der Waals surface area (Å²) in [5, 5.41) is 2.83. The third-order valence-corrected chi connectivity index (χ3v) is 5.15. The SMILES string of the molecule is Cc1ccc(C(=O)N/C(=C\c2ccc(Br)cc2)C(=O)N2CCCCC2)cc1. The highest BCUT2D eigenvalue weighted by atomic mass is 79.9. The summed E-state index contributed by atoms with van der Waals surface area (Å²) >= 11 is 3.41. The molecule has 4 nitrogen and oxygen atoms in total. The van der Waals surface area contributed by atoms with Crippen LogP contribution in [0.5, 0.6) is 0 Å². The first-order valence-corrected chi connectivity index (χ1v) is 9.97. The fourth-order valence-electron chi connectivity index (χ4n) is 3.04. The minimum atomic E-state index is -0.274. The number of nitrogens with zero attached hydrogens (tertiary/aromatic N) is 1. The zero-order valence-corrected chi connectivity index (χ0v) is 17.0. The molecule has 1 fully saturated rings. The van der Waals surface area contributed by atoms with E-state index in [-0.39, 0.29) is 11.8 Å². The third kappa shape index (κ3) is 5.30. The number of piperidine rings is 1. The van der Waals surface area contributed by atoms with Crippen molar-refractivity contribution in [2.75, 3.05) is 13.1 Å². The van der Waals surface area contributed by atoms with Gasteiger partial charge in [0.2, 0.25) is 0 Å². The van der Waals surface area contributed by atoms with Gasteiger partial charge in [-0.25, -0.2) is 0 Å². The van der Waals surface area contributed by atoms with Crippen LogP contribution >= 0.6 is 15.9 Å². The molecule has 0 unspecified atom stereocenters. The number of likely N-dealkylation sites (tertiary alicyclic amines) is 1.